The van der Waals surface area contributed by atoms with Crippen LogP contribution >= 0.6 is 22.9 Å². The quantitative estimate of drug-likeness (QED) is 0.374. The van der Waals surface area contributed by atoms with Gasteiger partial charge in [-0.05, 0) is 44.2 Å². The van der Waals surface area contributed by atoms with Gasteiger partial charge in [0.05, 0.1) is 27.3 Å². The van der Waals surface area contributed by atoms with Crippen LogP contribution in [0.2, 0.25) is 5.02 Å². The number of fused-ring (bicyclic) bond motifs is 1. The molecule has 4 aromatic rings. The SMILES string of the molecule is CC(C)N(Cc1nnc(-c2ccccc2Cl)o1)C(=O)C=Cc1nc2ccccc2s1. The molecule has 0 N–H and O–H groups in total. The fourth-order valence-corrected chi connectivity index (χ4v) is 4.01. The van der Waals surface area contributed by atoms with E-state index in [9.17, 15) is 4.79 Å². The maximum Gasteiger partial charge on any atom is 0.249 e. The van der Waals surface area contributed by atoms with E-state index in [2.05, 4.69) is 15.2 Å². The number of nitrogens with zero attached hydrogens (tertiary/aromatic N) is 4. The van der Waals surface area contributed by atoms with Crippen molar-refractivity contribution in [3.63, 3.8) is 0 Å². The summed E-state index contributed by atoms with van der Waals surface area (Å²) < 4.78 is 6.84. The molecule has 2 aromatic carbocycles. The zero-order valence-electron chi connectivity index (χ0n) is 16.4. The number of hydrogen-bond donors (Lipinski definition) is 0. The summed E-state index contributed by atoms with van der Waals surface area (Å²) in [6.45, 7) is 4.09. The van der Waals surface area contributed by atoms with Gasteiger partial charge in [-0.25, -0.2) is 4.98 Å². The summed E-state index contributed by atoms with van der Waals surface area (Å²) in [6.07, 6.45) is 3.27. The van der Waals surface area contributed by atoms with Gasteiger partial charge >= 0.3 is 0 Å². The Labute approximate surface area is 182 Å². The van der Waals surface area contributed by atoms with Crippen LogP contribution in [-0.4, -0.2) is 32.0 Å². The van der Waals surface area contributed by atoms with Crippen LogP contribution in [0.15, 0.2) is 59.0 Å². The lowest BCUT2D eigenvalue weighted by Gasteiger charge is -2.23. The maximum absolute atomic E-state index is 12.8. The number of benzene rings is 2. The molecule has 0 saturated heterocycles. The molecule has 8 heteroatoms. The van der Waals surface area contributed by atoms with E-state index in [1.165, 1.54) is 6.08 Å². The van der Waals surface area contributed by atoms with Gasteiger partial charge in [-0.1, -0.05) is 35.9 Å². The van der Waals surface area contributed by atoms with Crippen LogP contribution in [0.25, 0.3) is 27.7 Å². The Morgan fingerprint density at radius 3 is 2.70 bits per heavy atom. The Morgan fingerprint density at radius 2 is 1.93 bits per heavy atom. The summed E-state index contributed by atoms with van der Waals surface area (Å²) in [7, 11) is 0. The van der Waals surface area contributed by atoms with E-state index in [0.29, 0.717) is 22.4 Å². The summed E-state index contributed by atoms with van der Waals surface area (Å²) >= 11 is 7.74. The normalized spacial score (nSPS) is 11.6. The summed E-state index contributed by atoms with van der Waals surface area (Å²) in [5.74, 6) is 0.527. The minimum absolute atomic E-state index is 0.0480. The molecule has 0 fully saturated rings. The molecule has 30 heavy (non-hydrogen) atoms. The van der Waals surface area contributed by atoms with E-state index in [4.69, 9.17) is 16.0 Å². The molecule has 0 spiro atoms. The van der Waals surface area contributed by atoms with Crippen LogP contribution < -0.4 is 0 Å². The number of para-hydroxylation sites is 1. The minimum Gasteiger partial charge on any atom is -0.419 e. The Morgan fingerprint density at radius 1 is 1.17 bits per heavy atom. The van der Waals surface area contributed by atoms with Crippen molar-refractivity contribution in [2.24, 2.45) is 0 Å². The summed E-state index contributed by atoms with van der Waals surface area (Å²) in [5.41, 5.74) is 1.59. The van der Waals surface area contributed by atoms with Crippen LogP contribution in [0.5, 0.6) is 0 Å². The molecule has 0 atom stereocenters. The van der Waals surface area contributed by atoms with Gasteiger partial charge in [0.1, 0.15) is 5.01 Å². The average molecular weight is 439 g/mol. The smallest absolute Gasteiger partial charge is 0.249 e. The maximum atomic E-state index is 12.8. The molecular formula is C22H19ClN4O2S. The minimum atomic E-state index is -0.151. The molecule has 2 heterocycles. The second-order valence-electron chi connectivity index (χ2n) is 6.89. The van der Waals surface area contributed by atoms with E-state index in [1.54, 1.807) is 28.4 Å². The lowest BCUT2D eigenvalue weighted by Crippen LogP contribution is -2.35. The first kappa shape index (κ1) is 20.3. The molecular weight excluding hydrogens is 420 g/mol. The number of aromatic nitrogens is 3. The van der Waals surface area contributed by atoms with Gasteiger partial charge in [0.2, 0.25) is 17.7 Å². The molecule has 4 rings (SSSR count). The van der Waals surface area contributed by atoms with Crippen LogP contribution in [0.3, 0.4) is 0 Å². The Kier molecular flexibility index (Phi) is 5.92. The number of carbonyl (C=O) groups excluding carboxylic acids is 1. The molecule has 152 valence electrons. The number of hydrogen-bond acceptors (Lipinski definition) is 6. The van der Waals surface area contributed by atoms with Crippen molar-refractivity contribution in [1.29, 1.82) is 0 Å². The summed E-state index contributed by atoms with van der Waals surface area (Å²) in [6, 6.07) is 15.1. The first-order valence-electron chi connectivity index (χ1n) is 9.43. The predicted octanol–water partition coefficient (Wildman–Crippen LogP) is 5.45. The fourth-order valence-electron chi connectivity index (χ4n) is 2.92. The molecule has 0 aliphatic heterocycles. The third kappa shape index (κ3) is 4.42. The standard InChI is InChI=1S/C22H19ClN4O2S/c1-14(2)27(13-19-25-26-22(29-19)15-7-3-4-8-16(15)23)21(28)12-11-20-24-17-9-5-6-10-18(17)30-20/h3-12,14H,13H2,1-2H3. The Balaban J connectivity index is 1.50. The largest absolute Gasteiger partial charge is 0.419 e. The van der Waals surface area contributed by atoms with E-state index in [1.807, 2.05) is 56.3 Å². The van der Waals surface area contributed by atoms with E-state index in [-0.39, 0.29) is 18.5 Å². The predicted molar refractivity (Wildman–Crippen MR) is 119 cm³/mol. The van der Waals surface area contributed by atoms with Gasteiger partial charge in [-0.2, -0.15) is 0 Å². The van der Waals surface area contributed by atoms with E-state index < -0.39 is 0 Å². The monoisotopic (exact) mass is 438 g/mol. The first-order valence-corrected chi connectivity index (χ1v) is 10.6. The van der Waals surface area contributed by atoms with Crippen LogP contribution in [0, 0.1) is 0 Å². The Bertz CT molecular complexity index is 1180. The number of amides is 1. The number of carbonyl (C=O) groups is 1. The molecule has 0 aliphatic rings. The van der Waals surface area contributed by atoms with Crippen molar-refractivity contribution in [2.75, 3.05) is 0 Å². The van der Waals surface area contributed by atoms with Gasteiger partial charge in [0.25, 0.3) is 0 Å². The van der Waals surface area contributed by atoms with Crippen LogP contribution in [-0.2, 0) is 11.3 Å². The average Bonchev–Trinajstić information content (AvgIpc) is 3.37. The fraction of sp³-hybridized carbons (Fsp3) is 0.182. The lowest BCUT2D eigenvalue weighted by molar-refractivity contribution is -0.128. The highest BCUT2D eigenvalue weighted by Gasteiger charge is 2.19. The zero-order valence-corrected chi connectivity index (χ0v) is 18.0. The molecule has 0 bridgehead atoms. The van der Waals surface area contributed by atoms with Crippen molar-refractivity contribution in [3.8, 4) is 11.5 Å². The molecule has 1 amide bonds. The van der Waals surface area contributed by atoms with Crippen molar-refractivity contribution in [1.82, 2.24) is 20.1 Å². The van der Waals surface area contributed by atoms with Gasteiger partial charge in [0.15, 0.2) is 0 Å². The second-order valence-corrected chi connectivity index (χ2v) is 8.36. The van der Waals surface area contributed by atoms with Gasteiger partial charge < -0.3 is 9.32 Å². The van der Waals surface area contributed by atoms with Crippen LogP contribution in [0.1, 0.15) is 24.7 Å². The third-order valence-corrected chi connectivity index (χ3v) is 5.79. The summed E-state index contributed by atoms with van der Waals surface area (Å²) in [4.78, 5) is 19.0. The van der Waals surface area contributed by atoms with Crippen molar-refractivity contribution >= 4 is 45.1 Å². The zero-order chi connectivity index (χ0) is 21.1. The Hall–Kier alpha value is -3.03. The number of halogens is 1. The van der Waals surface area contributed by atoms with Crippen molar-refractivity contribution in [2.45, 2.75) is 26.4 Å². The highest BCUT2D eigenvalue weighted by Crippen LogP contribution is 2.27. The molecule has 6 nitrogen and oxygen atoms in total. The third-order valence-electron chi connectivity index (χ3n) is 4.46. The second kappa shape index (κ2) is 8.77. The molecule has 0 saturated carbocycles. The van der Waals surface area contributed by atoms with Crippen LogP contribution in [0.4, 0.5) is 0 Å². The lowest BCUT2D eigenvalue weighted by atomic mass is 10.2. The van der Waals surface area contributed by atoms with E-state index in [0.717, 1.165) is 15.2 Å². The molecule has 0 radical (unpaired) electrons. The van der Waals surface area contributed by atoms with Crippen molar-refractivity contribution in [3.05, 3.63) is 70.5 Å². The molecule has 0 aliphatic carbocycles. The first-order chi connectivity index (χ1) is 14.5. The van der Waals surface area contributed by atoms with Crippen molar-refractivity contribution < 1.29 is 9.21 Å². The molecule has 0 unspecified atom stereocenters. The van der Waals surface area contributed by atoms with Gasteiger partial charge in [-0.15, -0.1) is 21.5 Å². The van der Waals surface area contributed by atoms with E-state index >= 15 is 0 Å². The van der Waals surface area contributed by atoms with Gasteiger partial charge in [0, 0.05) is 12.1 Å². The topological polar surface area (TPSA) is 72.1 Å². The molecule has 2 aromatic heterocycles. The summed E-state index contributed by atoms with van der Waals surface area (Å²) in [5, 5.41) is 9.47. The number of thiazole rings is 1. The highest BCUT2D eigenvalue weighted by molar-refractivity contribution is 7.19. The highest BCUT2D eigenvalue weighted by atomic mass is 35.5. The van der Waals surface area contributed by atoms with Gasteiger partial charge in [-0.3, -0.25) is 4.79 Å². The number of rotatable bonds is 6.